The quantitative estimate of drug-likeness (QED) is 0.845. The van der Waals surface area contributed by atoms with Gasteiger partial charge in [-0.3, -0.25) is 0 Å². The van der Waals surface area contributed by atoms with Crippen LogP contribution in [-0.4, -0.2) is 45.2 Å². The molecule has 0 aliphatic carbocycles. The van der Waals surface area contributed by atoms with Gasteiger partial charge in [-0.1, -0.05) is 6.07 Å². The largest absolute Gasteiger partial charge is 0.367 e. The van der Waals surface area contributed by atoms with Gasteiger partial charge < -0.3 is 4.90 Å². The molecule has 1 atom stereocenters. The number of benzene rings is 1. The number of halogens is 2. The third kappa shape index (κ3) is 2.87. The van der Waals surface area contributed by atoms with Gasteiger partial charge in [0.25, 0.3) is 0 Å². The van der Waals surface area contributed by atoms with Crippen LogP contribution in [0, 0.1) is 11.6 Å². The fraction of sp³-hybridized carbons (Fsp3) is 0.500. The molecule has 19 heavy (non-hydrogen) atoms. The number of hydrogen-bond donors (Lipinski definition) is 0. The maximum Gasteiger partial charge on any atom is 0.211 e. The molecule has 0 amide bonds. The van der Waals surface area contributed by atoms with Crippen LogP contribution in [0.3, 0.4) is 0 Å². The van der Waals surface area contributed by atoms with Crippen LogP contribution in [0.2, 0.25) is 0 Å². The minimum Gasteiger partial charge on any atom is -0.367 e. The molecular formula is C12H16F2N2O2S. The molecule has 1 saturated heterocycles. The Labute approximate surface area is 111 Å². The highest BCUT2D eigenvalue weighted by Gasteiger charge is 2.31. The summed E-state index contributed by atoms with van der Waals surface area (Å²) < 4.78 is 51.0. The van der Waals surface area contributed by atoms with Gasteiger partial charge in [0.15, 0.2) is 11.6 Å². The Balaban J connectivity index is 2.17. The SMILES string of the molecule is CN([C@H]1CCN(c2cccc(F)c2F)C1)S(C)(=O)=O. The number of likely N-dealkylation sites (N-methyl/N-ethyl adjacent to an activating group) is 1. The van der Waals surface area contributed by atoms with E-state index in [2.05, 4.69) is 0 Å². The zero-order valence-electron chi connectivity index (χ0n) is 10.8. The number of sulfonamides is 1. The minimum atomic E-state index is -3.27. The predicted molar refractivity (Wildman–Crippen MR) is 69.6 cm³/mol. The van der Waals surface area contributed by atoms with Gasteiger partial charge in [0.2, 0.25) is 10.0 Å². The molecule has 106 valence electrons. The average molecular weight is 290 g/mol. The Morgan fingerprint density at radius 2 is 2.05 bits per heavy atom. The van der Waals surface area contributed by atoms with Crippen molar-refractivity contribution in [3.05, 3.63) is 29.8 Å². The smallest absolute Gasteiger partial charge is 0.211 e. The first-order valence-electron chi connectivity index (χ1n) is 5.92. The van der Waals surface area contributed by atoms with Crippen LogP contribution < -0.4 is 4.90 Å². The van der Waals surface area contributed by atoms with E-state index in [9.17, 15) is 17.2 Å². The van der Waals surface area contributed by atoms with Crippen molar-refractivity contribution in [2.45, 2.75) is 12.5 Å². The van der Waals surface area contributed by atoms with E-state index in [0.29, 0.717) is 19.5 Å². The molecule has 1 fully saturated rings. The van der Waals surface area contributed by atoms with Crippen LogP contribution in [0.4, 0.5) is 14.5 Å². The Morgan fingerprint density at radius 3 is 2.68 bits per heavy atom. The first-order valence-corrected chi connectivity index (χ1v) is 7.77. The maximum absolute atomic E-state index is 13.7. The molecule has 7 heteroatoms. The van der Waals surface area contributed by atoms with Crippen molar-refractivity contribution in [1.82, 2.24) is 4.31 Å². The number of anilines is 1. The number of nitrogens with zero attached hydrogens (tertiary/aromatic N) is 2. The van der Waals surface area contributed by atoms with Gasteiger partial charge in [-0.25, -0.2) is 21.5 Å². The summed E-state index contributed by atoms with van der Waals surface area (Å²) in [6, 6.07) is 3.80. The van der Waals surface area contributed by atoms with Gasteiger partial charge in [-0.2, -0.15) is 0 Å². The van der Waals surface area contributed by atoms with E-state index in [-0.39, 0.29) is 11.7 Å². The molecular weight excluding hydrogens is 274 g/mol. The molecule has 1 aromatic rings. The summed E-state index contributed by atoms with van der Waals surface area (Å²) in [6.07, 6.45) is 1.73. The highest BCUT2D eigenvalue weighted by atomic mass is 32.2. The lowest BCUT2D eigenvalue weighted by atomic mass is 10.2. The standard InChI is InChI=1S/C12H16F2N2O2S/c1-15(19(2,17)18)9-6-7-16(8-9)11-5-3-4-10(13)12(11)14/h3-5,9H,6-8H2,1-2H3/t9-/m0/s1. The van der Waals surface area contributed by atoms with E-state index in [1.807, 2.05) is 0 Å². The molecule has 0 bridgehead atoms. The molecule has 4 nitrogen and oxygen atoms in total. The summed E-state index contributed by atoms with van der Waals surface area (Å²) in [7, 11) is -1.77. The van der Waals surface area contributed by atoms with E-state index in [1.54, 1.807) is 4.90 Å². The van der Waals surface area contributed by atoms with E-state index in [4.69, 9.17) is 0 Å². The zero-order valence-corrected chi connectivity index (χ0v) is 11.6. The molecule has 1 heterocycles. The maximum atomic E-state index is 13.7. The van der Waals surface area contributed by atoms with Crippen molar-refractivity contribution < 1.29 is 17.2 Å². The highest BCUT2D eigenvalue weighted by Crippen LogP contribution is 2.27. The number of hydrogen-bond acceptors (Lipinski definition) is 3. The van der Waals surface area contributed by atoms with Crippen molar-refractivity contribution in [3.8, 4) is 0 Å². The number of rotatable bonds is 3. The van der Waals surface area contributed by atoms with Gasteiger partial charge in [-0.05, 0) is 18.6 Å². The fourth-order valence-electron chi connectivity index (χ4n) is 2.26. The van der Waals surface area contributed by atoms with Gasteiger partial charge in [0, 0.05) is 26.2 Å². The highest BCUT2D eigenvalue weighted by molar-refractivity contribution is 7.88. The lowest BCUT2D eigenvalue weighted by Gasteiger charge is -2.23. The predicted octanol–water partition coefficient (Wildman–Crippen LogP) is 1.43. The Morgan fingerprint density at radius 1 is 1.37 bits per heavy atom. The van der Waals surface area contributed by atoms with Gasteiger partial charge in [0.05, 0.1) is 11.9 Å². The molecule has 1 aliphatic rings. The summed E-state index contributed by atoms with van der Waals surface area (Å²) in [6.45, 7) is 0.870. The van der Waals surface area contributed by atoms with Gasteiger partial charge in [0.1, 0.15) is 0 Å². The van der Waals surface area contributed by atoms with E-state index in [1.165, 1.54) is 23.5 Å². The lowest BCUT2D eigenvalue weighted by Crippen LogP contribution is -2.38. The van der Waals surface area contributed by atoms with Crippen LogP contribution >= 0.6 is 0 Å². The molecule has 0 radical (unpaired) electrons. The Hall–Kier alpha value is -1.21. The Kier molecular flexibility index (Phi) is 3.78. The molecule has 1 aromatic carbocycles. The summed E-state index contributed by atoms with van der Waals surface area (Å²) in [4.78, 5) is 1.67. The second kappa shape index (κ2) is 5.05. The third-order valence-corrected chi connectivity index (χ3v) is 4.82. The van der Waals surface area contributed by atoms with Crippen LogP contribution in [0.1, 0.15) is 6.42 Å². The second-order valence-electron chi connectivity index (χ2n) is 4.74. The van der Waals surface area contributed by atoms with E-state index < -0.39 is 21.7 Å². The summed E-state index contributed by atoms with van der Waals surface area (Å²) in [5.74, 6) is -1.78. The summed E-state index contributed by atoms with van der Waals surface area (Å²) in [5.41, 5.74) is 0.185. The zero-order chi connectivity index (χ0) is 14.2. The van der Waals surface area contributed by atoms with Crippen LogP contribution in [-0.2, 0) is 10.0 Å². The van der Waals surface area contributed by atoms with Crippen molar-refractivity contribution in [1.29, 1.82) is 0 Å². The topological polar surface area (TPSA) is 40.6 Å². The second-order valence-corrected chi connectivity index (χ2v) is 6.78. The lowest BCUT2D eigenvalue weighted by molar-refractivity contribution is 0.393. The van der Waals surface area contributed by atoms with Crippen LogP contribution in [0.5, 0.6) is 0 Å². The fourth-order valence-corrected chi connectivity index (χ4v) is 2.98. The normalized spacial score (nSPS) is 20.3. The molecule has 0 unspecified atom stereocenters. The van der Waals surface area contributed by atoms with Crippen molar-refractivity contribution in [2.75, 3.05) is 31.3 Å². The minimum absolute atomic E-state index is 0.185. The van der Waals surface area contributed by atoms with E-state index in [0.717, 1.165) is 12.3 Å². The monoisotopic (exact) mass is 290 g/mol. The summed E-state index contributed by atoms with van der Waals surface area (Å²) in [5, 5.41) is 0. The van der Waals surface area contributed by atoms with Gasteiger partial charge in [-0.15, -0.1) is 0 Å². The summed E-state index contributed by atoms with van der Waals surface area (Å²) >= 11 is 0. The van der Waals surface area contributed by atoms with Crippen LogP contribution in [0.15, 0.2) is 18.2 Å². The first kappa shape index (κ1) is 14.2. The third-order valence-electron chi connectivity index (χ3n) is 3.47. The van der Waals surface area contributed by atoms with Crippen molar-refractivity contribution in [3.63, 3.8) is 0 Å². The molecule has 0 aromatic heterocycles. The van der Waals surface area contributed by atoms with Crippen molar-refractivity contribution in [2.24, 2.45) is 0 Å². The molecule has 0 spiro atoms. The Bertz CT molecular complexity index is 577. The van der Waals surface area contributed by atoms with E-state index >= 15 is 0 Å². The molecule has 0 N–H and O–H groups in total. The van der Waals surface area contributed by atoms with Gasteiger partial charge >= 0.3 is 0 Å². The first-order chi connectivity index (χ1) is 8.80. The molecule has 1 aliphatic heterocycles. The molecule has 2 rings (SSSR count). The van der Waals surface area contributed by atoms with Crippen molar-refractivity contribution >= 4 is 15.7 Å². The average Bonchev–Trinajstić information content (AvgIpc) is 2.79. The molecule has 0 saturated carbocycles. The van der Waals surface area contributed by atoms with Crippen LogP contribution in [0.25, 0.3) is 0 Å².